The lowest BCUT2D eigenvalue weighted by Crippen LogP contribution is -2.36. The van der Waals surface area contributed by atoms with E-state index < -0.39 is 6.04 Å². The maximum atomic E-state index is 12.3. The van der Waals surface area contributed by atoms with E-state index in [2.05, 4.69) is 10.2 Å². The molecule has 1 rings (SSSR count). The number of carbonyl (C=O) groups is 1. The number of nitrogens with two attached hydrogens (primary N) is 1. The zero-order valence-electron chi connectivity index (χ0n) is 11.3. The SMILES string of the molecule is CCN(CC)C(=O)C(C)n1c(N)nnc1SCC#N. The molecule has 1 aromatic rings. The maximum absolute atomic E-state index is 12.3. The van der Waals surface area contributed by atoms with Crippen molar-refractivity contribution < 1.29 is 4.79 Å². The Bertz CT molecular complexity index is 476. The Morgan fingerprint density at radius 3 is 2.68 bits per heavy atom. The third-order valence-electron chi connectivity index (χ3n) is 2.78. The van der Waals surface area contributed by atoms with Crippen LogP contribution in [-0.4, -0.2) is 44.4 Å². The van der Waals surface area contributed by atoms with Crippen molar-refractivity contribution in [3.05, 3.63) is 0 Å². The minimum Gasteiger partial charge on any atom is -0.368 e. The molecular weight excluding hydrogens is 264 g/mol. The van der Waals surface area contributed by atoms with E-state index in [0.29, 0.717) is 18.2 Å². The molecule has 104 valence electrons. The van der Waals surface area contributed by atoms with Gasteiger partial charge in [-0.15, -0.1) is 10.2 Å². The van der Waals surface area contributed by atoms with Gasteiger partial charge in [0.25, 0.3) is 0 Å². The van der Waals surface area contributed by atoms with E-state index in [9.17, 15) is 4.79 Å². The van der Waals surface area contributed by atoms with Crippen LogP contribution in [0.2, 0.25) is 0 Å². The van der Waals surface area contributed by atoms with Crippen molar-refractivity contribution in [2.24, 2.45) is 0 Å². The van der Waals surface area contributed by atoms with Gasteiger partial charge in [-0.05, 0) is 20.8 Å². The van der Waals surface area contributed by atoms with Crippen LogP contribution in [0.4, 0.5) is 5.95 Å². The summed E-state index contributed by atoms with van der Waals surface area (Å²) < 4.78 is 1.57. The minimum absolute atomic E-state index is 0.0321. The van der Waals surface area contributed by atoms with Crippen molar-refractivity contribution in [3.8, 4) is 6.07 Å². The first-order valence-electron chi connectivity index (χ1n) is 6.05. The summed E-state index contributed by atoms with van der Waals surface area (Å²) >= 11 is 1.22. The van der Waals surface area contributed by atoms with Gasteiger partial charge in [-0.2, -0.15) is 5.26 Å². The molecule has 0 aliphatic rings. The summed E-state index contributed by atoms with van der Waals surface area (Å²) in [6.07, 6.45) is 0. The number of anilines is 1. The first-order valence-corrected chi connectivity index (χ1v) is 7.04. The van der Waals surface area contributed by atoms with Crippen LogP contribution in [0.1, 0.15) is 26.8 Å². The molecule has 1 amide bonds. The van der Waals surface area contributed by atoms with Gasteiger partial charge in [-0.3, -0.25) is 9.36 Å². The predicted molar refractivity (Wildman–Crippen MR) is 73.4 cm³/mol. The Hall–Kier alpha value is -1.75. The number of nitrogen functional groups attached to an aromatic ring is 1. The quantitative estimate of drug-likeness (QED) is 0.778. The second-order valence-corrected chi connectivity index (χ2v) is 4.79. The number of amides is 1. The average molecular weight is 282 g/mol. The van der Waals surface area contributed by atoms with Crippen LogP contribution in [-0.2, 0) is 4.79 Å². The number of hydrogen-bond donors (Lipinski definition) is 1. The van der Waals surface area contributed by atoms with Crippen molar-refractivity contribution in [2.75, 3.05) is 24.6 Å². The van der Waals surface area contributed by atoms with Gasteiger partial charge in [0, 0.05) is 13.1 Å². The third kappa shape index (κ3) is 3.38. The van der Waals surface area contributed by atoms with Crippen LogP contribution in [0, 0.1) is 11.3 Å². The molecule has 1 atom stereocenters. The maximum Gasteiger partial charge on any atom is 0.245 e. The lowest BCUT2D eigenvalue weighted by Gasteiger charge is -2.24. The average Bonchev–Trinajstić information content (AvgIpc) is 2.77. The number of nitriles is 1. The minimum atomic E-state index is -0.476. The number of carbonyl (C=O) groups excluding carboxylic acids is 1. The second-order valence-electron chi connectivity index (χ2n) is 3.84. The Morgan fingerprint density at radius 2 is 2.16 bits per heavy atom. The molecule has 1 heterocycles. The van der Waals surface area contributed by atoms with Crippen molar-refractivity contribution >= 4 is 23.6 Å². The Balaban J connectivity index is 2.98. The summed E-state index contributed by atoms with van der Waals surface area (Å²) in [6, 6.07) is 1.54. The molecule has 0 saturated heterocycles. The van der Waals surface area contributed by atoms with Crippen molar-refractivity contribution in [1.82, 2.24) is 19.7 Å². The van der Waals surface area contributed by atoms with Crippen molar-refractivity contribution in [3.63, 3.8) is 0 Å². The third-order valence-corrected chi connectivity index (χ3v) is 3.59. The first-order chi connectivity index (χ1) is 9.06. The monoisotopic (exact) mass is 282 g/mol. The standard InChI is InChI=1S/C11H18N6OS/c1-4-16(5-2)9(18)8(3)17-10(13)14-15-11(17)19-7-6-12/h8H,4-5,7H2,1-3H3,(H2,13,14). The van der Waals surface area contributed by atoms with Gasteiger partial charge in [0.05, 0.1) is 11.8 Å². The molecule has 0 spiro atoms. The molecule has 0 aliphatic carbocycles. The summed E-state index contributed by atoms with van der Waals surface area (Å²) in [7, 11) is 0. The molecule has 0 bridgehead atoms. The zero-order valence-corrected chi connectivity index (χ0v) is 12.1. The van der Waals surface area contributed by atoms with Crippen molar-refractivity contribution in [2.45, 2.75) is 32.0 Å². The molecule has 7 nitrogen and oxygen atoms in total. The Morgan fingerprint density at radius 1 is 1.53 bits per heavy atom. The number of likely N-dealkylation sites (N-methyl/N-ethyl adjacent to an activating group) is 1. The number of rotatable bonds is 6. The van der Waals surface area contributed by atoms with Crippen LogP contribution >= 0.6 is 11.8 Å². The Kier molecular flexibility index (Phi) is 5.63. The molecule has 0 aliphatic heterocycles. The van der Waals surface area contributed by atoms with Gasteiger partial charge in [-0.25, -0.2) is 0 Å². The fourth-order valence-corrected chi connectivity index (χ4v) is 2.44. The number of hydrogen-bond acceptors (Lipinski definition) is 6. The highest BCUT2D eigenvalue weighted by molar-refractivity contribution is 7.99. The van der Waals surface area contributed by atoms with Crippen LogP contribution < -0.4 is 5.73 Å². The summed E-state index contributed by atoms with van der Waals surface area (Å²) in [5.74, 6) is 0.397. The lowest BCUT2D eigenvalue weighted by molar-refractivity contribution is -0.134. The fraction of sp³-hybridized carbons (Fsp3) is 0.636. The molecule has 0 aromatic carbocycles. The van der Waals surface area contributed by atoms with E-state index in [1.54, 1.807) is 16.4 Å². The van der Waals surface area contributed by atoms with Gasteiger partial charge in [-0.1, -0.05) is 11.8 Å². The highest BCUT2D eigenvalue weighted by Gasteiger charge is 2.24. The van der Waals surface area contributed by atoms with Crippen LogP contribution in [0.5, 0.6) is 0 Å². The number of thioether (sulfide) groups is 1. The lowest BCUT2D eigenvalue weighted by atomic mass is 10.3. The molecule has 2 N–H and O–H groups in total. The molecule has 0 fully saturated rings. The summed E-state index contributed by atoms with van der Waals surface area (Å²) in [5, 5.41) is 16.8. The van der Waals surface area contributed by atoms with E-state index in [0.717, 1.165) is 0 Å². The van der Waals surface area contributed by atoms with Gasteiger partial charge < -0.3 is 10.6 Å². The summed E-state index contributed by atoms with van der Waals surface area (Å²) in [5.41, 5.74) is 5.76. The van der Waals surface area contributed by atoms with Gasteiger partial charge in [0.15, 0.2) is 5.16 Å². The van der Waals surface area contributed by atoms with Crippen LogP contribution in [0.3, 0.4) is 0 Å². The summed E-state index contributed by atoms with van der Waals surface area (Å²) in [6.45, 7) is 6.89. The predicted octanol–water partition coefficient (Wildman–Crippen LogP) is 0.905. The molecule has 0 saturated carbocycles. The second kappa shape index (κ2) is 6.99. The van der Waals surface area contributed by atoms with Crippen molar-refractivity contribution in [1.29, 1.82) is 5.26 Å². The van der Waals surface area contributed by atoms with E-state index in [4.69, 9.17) is 11.0 Å². The van der Waals surface area contributed by atoms with Gasteiger partial charge >= 0.3 is 0 Å². The largest absolute Gasteiger partial charge is 0.368 e. The van der Waals surface area contributed by atoms with Gasteiger partial charge in [0.2, 0.25) is 11.9 Å². The van der Waals surface area contributed by atoms with Crippen LogP contribution in [0.25, 0.3) is 0 Å². The zero-order chi connectivity index (χ0) is 14.4. The van der Waals surface area contributed by atoms with Crippen LogP contribution in [0.15, 0.2) is 5.16 Å². The van der Waals surface area contributed by atoms with E-state index in [1.165, 1.54) is 11.8 Å². The Labute approximate surface area is 116 Å². The van der Waals surface area contributed by atoms with E-state index >= 15 is 0 Å². The first kappa shape index (κ1) is 15.3. The molecule has 1 unspecified atom stereocenters. The fourth-order valence-electron chi connectivity index (χ4n) is 1.76. The smallest absolute Gasteiger partial charge is 0.245 e. The molecule has 8 heteroatoms. The number of aromatic nitrogens is 3. The van der Waals surface area contributed by atoms with E-state index in [-0.39, 0.29) is 17.6 Å². The normalized spacial score (nSPS) is 11.9. The molecule has 0 radical (unpaired) electrons. The molecule has 19 heavy (non-hydrogen) atoms. The van der Waals surface area contributed by atoms with Gasteiger partial charge in [0.1, 0.15) is 6.04 Å². The molecular formula is C11H18N6OS. The van der Waals surface area contributed by atoms with E-state index in [1.807, 2.05) is 19.9 Å². The summed E-state index contributed by atoms with van der Waals surface area (Å²) in [4.78, 5) is 14.0. The highest BCUT2D eigenvalue weighted by atomic mass is 32.2. The molecule has 1 aromatic heterocycles. The highest BCUT2D eigenvalue weighted by Crippen LogP contribution is 2.23. The number of nitrogens with zero attached hydrogens (tertiary/aromatic N) is 5. The topological polar surface area (TPSA) is 101 Å².